The Morgan fingerprint density at radius 3 is 2.73 bits per heavy atom. The minimum atomic E-state index is -2.88. The summed E-state index contributed by atoms with van der Waals surface area (Å²) in [6.45, 7) is 0. The van der Waals surface area contributed by atoms with Crippen molar-refractivity contribution in [1.29, 1.82) is 0 Å². The number of nitrogen functional groups attached to an aromatic ring is 1. The average Bonchev–Trinajstić information content (AvgIpc) is 2.20. The SMILES string of the molecule is COC(=O)c1cc(Br)c(N)nc1C(F)F. The Morgan fingerprint density at radius 1 is 1.67 bits per heavy atom. The van der Waals surface area contributed by atoms with Gasteiger partial charge in [0.1, 0.15) is 11.5 Å². The fourth-order valence-corrected chi connectivity index (χ4v) is 1.28. The van der Waals surface area contributed by atoms with Crippen LogP contribution in [0.3, 0.4) is 0 Å². The summed E-state index contributed by atoms with van der Waals surface area (Å²) in [5.41, 5.74) is 4.35. The van der Waals surface area contributed by atoms with Gasteiger partial charge in [0.15, 0.2) is 0 Å². The fraction of sp³-hybridized carbons (Fsp3) is 0.250. The summed E-state index contributed by atoms with van der Waals surface area (Å²) in [6, 6.07) is 1.16. The highest BCUT2D eigenvalue weighted by Gasteiger charge is 2.22. The number of nitrogens with zero attached hydrogens (tertiary/aromatic N) is 1. The Hall–Kier alpha value is -1.24. The van der Waals surface area contributed by atoms with Crippen molar-refractivity contribution in [1.82, 2.24) is 4.98 Å². The van der Waals surface area contributed by atoms with Gasteiger partial charge in [-0.05, 0) is 22.0 Å². The first-order chi connectivity index (χ1) is 6.97. The lowest BCUT2D eigenvalue weighted by Crippen LogP contribution is -2.10. The Bertz CT molecular complexity index is 398. The zero-order valence-corrected chi connectivity index (χ0v) is 9.22. The molecule has 1 rings (SSSR count). The molecule has 0 saturated heterocycles. The monoisotopic (exact) mass is 280 g/mol. The van der Waals surface area contributed by atoms with Crippen molar-refractivity contribution in [3.63, 3.8) is 0 Å². The number of hydrogen-bond acceptors (Lipinski definition) is 4. The van der Waals surface area contributed by atoms with Gasteiger partial charge in [0.05, 0.1) is 17.1 Å². The maximum atomic E-state index is 12.5. The van der Waals surface area contributed by atoms with E-state index in [1.807, 2.05) is 0 Å². The maximum absolute atomic E-state index is 12.5. The molecule has 0 saturated carbocycles. The summed E-state index contributed by atoms with van der Waals surface area (Å²) in [4.78, 5) is 14.6. The molecule has 0 radical (unpaired) electrons. The van der Waals surface area contributed by atoms with Crippen molar-refractivity contribution in [3.8, 4) is 0 Å². The summed E-state index contributed by atoms with van der Waals surface area (Å²) in [5, 5.41) is 0. The van der Waals surface area contributed by atoms with Crippen LogP contribution in [0.15, 0.2) is 10.5 Å². The third-order valence-corrected chi connectivity index (χ3v) is 2.28. The molecule has 0 bridgehead atoms. The number of halogens is 3. The van der Waals surface area contributed by atoms with Gasteiger partial charge in [-0.15, -0.1) is 0 Å². The number of anilines is 1. The molecule has 0 aliphatic rings. The first kappa shape index (κ1) is 11.8. The molecule has 0 atom stereocenters. The molecular weight excluding hydrogens is 274 g/mol. The molecular formula is C8H7BrF2N2O2. The van der Waals surface area contributed by atoms with Crippen LogP contribution in [-0.4, -0.2) is 18.1 Å². The van der Waals surface area contributed by atoms with E-state index in [4.69, 9.17) is 5.73 Å². The number of aromatic nitrogens is 1. The van der Waals surface area contributed by atoms with Gasteiger partial charge in [-0.2, -0.15) is 0 Å². The fourth-order valence-electron chi connectivity index (χ4n) is 0.958. The number of alkyl halides is 2. The second-order valence-electron chi connectivity index (χ2n) is 2.58. The van der Waals surface area contributed by atoms with E-state index in [-0.39, 0.29) is 15.9 Å². The Morgan fingerprint density at radius 2 is 2.27 bits per heavy atom. The van der Waals surface area contributed by atoms with E-state index in [0.717, 1.165) is 13.2 Å². The number of methoxy groups -OCH3 is 1. The van der Waals surface area contributed by atoms with Crippen LogP contribution in [0.25, 0.3) is 0 Å². The van der Waals surface area contributed by atoms with E-state index < -0.39 is 18.1 Å². The van der Waals surface area contributed by atoms with E-state index in [1.54, 1.807) is 0 Å². The second kappa shape index (κ2) is 4.52. The highest BCUT2D eigenvalue weighted by atomic mass is 79.9. The molecule has 1 aromatic heterocycles. The molecule has 4 nitrogen and oxygen atoms in total. The van der Waals surface area contributed by atoms with Gasteiger partial charge in [-0.25, -0.2) is 18.6 Å². The Kier molecular flexibility index (Phi) is 3.57. The van der Waals surface area contributed by atoms with Crippen molar-refractivity contribution in [2.75, 3.05) is 12.8 Å². The summed E-state index contributed by atoms with van der Waals surface area (Å²) in [5.74, 6) is -0.976. The van der Waals surface area contributed by atoms with Crippen molar-refractivity contribution in [2.45, 2.75) is 6.43 Å². The number of rotatable bonds is 2. The van der Waals surface area contributed by atoms with E-state index in [2.05, 4.69) is 25.7 Å². The first-order valence-corrected chi connectivity index (χ1v) is 4.59. The van der Waals surface area contributed by atoms with Crippen molar-refractivity contribution >= 4 is 27.7 Å². The maximum Gasteiger partial charge on any atom is 0.339 e. The van der Waals surface area contributed by atoms with Gasteiger partial charge in [-0.3, -0.25) is 0 Å². The van der Waals surface area contributed by atoms with Gasteiger partial charge >= 0.3 is 5.97 Å². The first-order valence-electron chi connectivity index (χ1n) is 3.79. The second-order valence-corrected chi connectivity index (χ2v) is 3.43. The topological polar surface area (TPSA) is 65.2 Å². The van der Waals surface area contributed by atoms with Gasteiger partial charge in [-0.1, -0.05) is 0 Å². The quantitative estimate of drug-likeness (QED) is 0.843. The molecule has 15 heavy (non-hydrogen) atoms. The predicted octanol–water partition coefficient (Wildman–Crippen LogP) is 2.15. The lowest BCUT2D eigenvalue weighted by atomic mass is 10.2. The highest BCUT2D eigenvalue weighted by Crippen LogP contribution is 2.27. The highest BCUT2D eigenvalue weighted by molar-refractivity contribution is 9.10. The van der Waals surface area contributed by atoms with Gasteiger partial charge < -0.3 is 10.5 Å². The molecule has 0 fully saturated rings. The van der Waals surface area contributed by atoms with Gasteiger partial charge in [0, 0.05) is 0 Å². The standard InChI is InChI=1S/C8H7BrF2N2O2/c1-15-8(14)3-2-4(9)7(12)13-5(3)6(10)11/h2,6H,1H3,(H2,12,13). The number of ether oxygens (including phenoxy) is 1. The van der Waals surface area contributed by atoms with Crippen LogP contribution >= 0.6 is 15.9 Å². The molecule has 0 amide bonds. The van der Waals surface area contributed by atoms with Crippen molar-refractivity contribution in [3.05, 3.63) is 21.8 Å². The molecule has 0 aliphatic heterocycles. The van der Waals surface area contributed by atoms with Crippen LogP contribution < -0.4 is 5.73 Å². The summed E-state index contributed by atoms with van der Waals surface area (Å²) in [7, 11) is 1.10. The predicted molar refractivity (Wildman–Crippen MR) is 52.6 cm³/mol. The van der Waals surface area contributed by atoms with Crippen molar-refractivity contribution < 1.29 is 18.3 Å². The van der Waals surface area contributed by atoms with Crippen LogP contribution in [-0.2, 0) is 4.74 Å². The summed E-state index contributed by atoms with van der Waals surface area (Å²) in [6.07, 6.45) is -2.88. The lowest BCUT2D eigenvalue weighted by molar-refractivity contribution is 0.0587. The van der Waals surface area contributed by atoms with E-state index in [0.29, 0.717) is 0 Å². The summed E-state index contributed by atoms with van der Waals surface area (Å²) < 4.78 is 29.6. The number of pyridine rings is 1. The minimum absolute atomic E-state index is 0.0991. The molecule has 1 aromatic rings. The van der Waals surface area contributed by atoms with Crippen LogP contribution in [0, 0.1) is 0 Å². The molecule has 0 unspecified atom stereocenters. The smallest absolute Gasteiger partial charge is 0.339 e. The minimum Gasteiger partial charge on any atom is -0.465 e. The van der Waals surface area contributed by atoms with E-state index in [1.165, 1.54) is 0 Å². The van der Waals surface area contributed by atoms with Crippen LogP contribution in [0.2, 0.25) is 0 Å². The number of nitrogens with two attached hydrogens (primary N) is 1. The molecule has 0 spiro atoms. The van der Waals surface area contributed by atoms with Crippen LogP contribution in [0.5, 0.6) is 0 Å². The zero-order chi connectivity index (χ0) is 11.6. The van der Waals surface area contributed by atoms with E-state index >= 15 is 0 Å². The lowest BCUT2D eigenvalue weighted by Gasteiger charge is -2.08. The van der Waals surface area contributed by atoms with Crippen molar-refractivity contribution in [2.24, 2.45) is 0 Å². The third kappa shape index (κ3) is 2.41. The summed E-state index contributed by atoms with van der Waals surface area (Å²) >= 11 is 2.99. The third-order valence-electron chi connectivity index (χ3n) is 1.64. The molecule has 1 heterocycles. The zero-order valence-electron chi connectivity index (χ0n) is 7.63. The van der Waals surface area contributed by atoms with Crippen LogP contribution in [0.4, 0.5) is 14.6 Å². The Labute approximate surface area is 92.6 Å². The average molecular weight is 281 g/mol. The Balaban J connectivity index is 3.34. The molecule has 2 N–H and O–H groups in total. The molecule has 0 aliphatic carbocycles. The largest absolute Gasteiger partial charge is 0.465 e. The number of hydrogen-bond donors (Lipinski definition) is 1. The van der Waals surface area contributed by atoms with Gasteiger partial charge in [0.2, 0.25) is 0 Å². The van der Waals surface area contributed by atoms with E-state index in [9.17, 15) is 13.6 Å². The number of esters is 1. The number of carbonyl (C=O) groups excluding carboxylic acids is 1. The van der Waals surface area contributed by atoms with Crippen LogP contribution in [0.1, 0.15) is 22.5 Å². The number of carbonyl (C=O) groups is 1. The molecule has 82 valence electrons. The molecule has 0 aromatic carbocycles. The molecule has 7 heteroatoms. The van der Waals surface area contributed by atoms with Gasteiger partial charge in [0.25, 0.3) is 6.43 Å². The normalized spacial score (nSPS) is 10.5.